The Balaban J connectivity index is 1.33. The Kier molecular flexibility index (Phi) is 8.24. The molecule has 1 aromatic heterocycles. The average molecular weight is 508 g/mol. The number of esters is 1. The minimum Gasteiger partial charge on any atom is -0.462 e. The van der Waals surface area contributed by atoms with E-state index in [1.165, 1.54) is 22.3 Å². The third kappa shape index (κ3) is 5.97. The number of fused-ring (bicyclic) bond motifs is 1. The largest absolute Gasteiger partial charge is 0.462 e. The van der Waals surface area contributed by atoms with Crippen molar-refractivity contribution in [2.24, 2.45) is 5.92 Å². The topological polar surface area (TPSA) is 61.9 Å². The molecule has 2 aliphatic rings. The molecule has 1 aromatic carbocycles. The number of benzene rings is 1. The summed E-state index contributed by atoms with van der Waals surface area (Å²) in [7, 11) is 0. The lowest BCUT2D eigenvalue weighted by atomic mass is 9.88. The number of halogens is 2. The smallest absolute Gasteiger partial charge is 0.341 e. The van der Waals surface area contributed by atoms with Gasteiger partial charge >= 0.3 is 5.97 Å². The average Bonchev–Trinajstić information content (AvgIpc) is 3.14. The third-order valence-corrected chi connectivity index (χ3v) is 7.93. The lowest BCUT2D eigenvalue weighted by Crippen LogP contribution is -2.48. The first-order valence-corrected chi connectivity index (χ1v) is 13.0. The van der Waals surface area contributed by atoms with Crippen LogP contribution in [0.4, 0.5) is 9.39 Å². The summed E-state index contributed by atoms with van der Waals surface area (Å²) in [5.41, 5.74) is 2.57. The fourth-order valence-electron chi connectivity index (χ4n) is 4.63. The van der Waals surface area contributed by atoms with Crippen molar-refractivity contribution in [1.29, 1.82) is 0 Å². The lowest BCUT2D eigenvalue weighted by molar-refractivity contribution is -0.117. The quantitative estimate of drug-likeness (QED) is 0.555. The molecule has 6 nitrogen and oxygen atoms in total. The van der Waals surface area contributed by atoms with Crippen LogP contribution in [0, 0.1) is 11.7 Å². The molecule has 4 rings (SSSR count). The summed E-state index contributed by atoms with van der Waals surface area (Å²) < 4.78 is 18.7. The van der Waals surface area contributed by atoms with Gasteiger partial charge in [0.2, 0.25) is 5.91 Å². The van der Waals surface area contributed by atoms with Crippen LogP contribution in [-0.4, -0.2) is 61.0 Å². The Morgan fingerprint density at radius 2 is 1.97 bits per heavy atom. The van der Waals surface area contributed by atoms with Gasteiger partial charge in [-0.25, -0.2) is 9.18 Å². The van der Waals surface area contributed by atoms with Gasteiger partial charge < -0.3 is 10.1 Å². The molecule has 34 heavy (non-hydrogen) atoms. The number of carbonyl (C=O) groups is 2. The van der Waals surface area contributed by atoms with E-state index < -0.39 is 5.82 Å². The van der Waals surface area contributed by atoms with Crippen molar-refractivity contribution in [2.75, 3.05) is 44.6 Å². The van der Waals surface area contributed by atoms with Crippen LogP contribution in [0.1, 0.15) is 46.6 Å². The van der Waals surface area contributed by atoms with Crippen molar-refractivity contribution in [1.82, 2.24) is 9.80 Å². The van der Waals surface area contributed by atoms with Crippen LogP contribution < -0.4 is 5.32 Å². The number of ether oxygens (including phenoxy) is 1. The number of nitrogens with one attached hydrogen (secondary N) is 1. The Bertz CT molecular complexity index is 1050. The van der Waals surface area contributed by atoms with Crippen LogP contribution in [0.15, 0.2) is 18.2 Å². The molecule has 1 amide bonds. The summed E-state index contributed by atoms with van der Waals surface area (Å²) in [6, 6.07) is 4.81. The van der Waals surface area contributed by atoms with Crippen LogP contribution in [-0.2, 0) is 28.9 Å². The Hall–Kier alpha value is -2.00. The second kappa shape index (κ2) is 11.2. The zero-order chi connectivity index (χ0) is 24.2. The molecular weight excluding hydrogens is 477 g/mol. The van der Waals surface area contributed by atoms with Gasteiger partial charge in [0, 0.05) is 37.6 Å². The lowest BCUT2D eigenvalue weighted by Gasteiger charge is -2.34. The van der Waals surface area contributed by atoms with E-state index in [4.69, 9.17) is 16.3 Å². The third-order valence-electron chi connectivity index (χ3n) is 6.47. The van der Waals surface area contributed by atoms with Gasteiger partial charge in [-0.3, -0.25) is 14.6 Å². The predicted octanol–water partition coefficient (Wildman–Crippen LogP) is 4.60. The van der Waals surface area contributed by atoms with Crippen molar-refractivity contribution in [2.45, 2.75) is 39.7 Å². The second-order valence-electron chi connectivity index (χ2n) is 9.13. The van der Waals surface area contributed by atoms with Crippen LogP contribution in [0.25, 0.3) is 0 Å². The monoisotopic (exact) mass is 507 g/mol. The van der Waals surface area contributed by atoms with Crippen molar-refractivity contribution in [3.63, 3.8) is 0 Å². The molecule has 1 N–H and O–H groups in total. The van der Waals surface area contributed by atoms with Gasteiger partial charge in [-0.05, 0) is 55.4 Å². The van der Waals surface area contributed by atoms with Gasteiger partial charge in [0.25, 0.3) is 0 Å². The van der Waals surface area contributed by atoms with Crippen molar-refractivity contribution in [3.8, 4) is 0 Å². The molecule has 1 fully saturated rings. The summed E-state index contributed by atoms with van der Waals surface area (Å²) in [5, 5.41) is 3.76. The van der Waals surface area contributed by atoms with Gasteiger partial charge in [-0.15, -0.1) is 11.3 Å². The number of thiophene rings is 1. The molecule has 1 aliphatic heterocycles. The molecular formula is C25H31ClFN3O3S. The van der Waals surface area contributed by atoms with Crippen LogP contribution >= 0.6 is 22.9 Å². The fourth-order valence-corrected chi connectivity index (χ4v) is 6.25. The number of hydrogen-bond donors (Lipinski definition) is 1. The molecule has 1 unspecified atom stereocenters. The summed E-state index contributed by atoms with van der Waals surface area (Å²) in [6.45, 7) is 8.41. The van der Waals surface area contributed by atoms with Gasteiger partial charge in [0.15, 0.2) is 0 Å². The highest BCUT2D eigenvalue weighted by Crippen LogP contribution is 2.40. The molecule has 184 valence electrons. The van der Waals surface area contributed by atoms with Gasteiger partial charge in [-0.2, -0.15) is 0 Å². The zero-order valence-corrected chi connectivity index (χ0v) is 21.2. The van der Waals surface area contributed by atoms with E-state index in [-0.39, 0.29) is 23.4 Å². The number of carbonyl (C=O) groups excluding carboxylic acids is 2. The van der Waals surface area contributed by atoms with E-state index >= 15 is 0 Å². The standard InChI is InChI=1S/C25H31ClFN3O3S/c1-3-33-25(32)23-18-6-4-16(2)12-21(18)34-24(23)28-22(31)15-30-10-8-29(9-11-30)14-17-5-7-20(27)19(26)13-17/h5,7,13,16H,3-4,6,8-12,14-15H2,1-2H3,(H,28,31). The van der Waals surface area contributed by atoms with Crippen LogP contribution in [0.5, 0.6) is 0 Å². The van der Waals surface area contributed by atoms with Crippen LogP contribution in [0.3, 0.4) is 0 Å². The summed E-state index contributed by atoms with van der Waals surface area (Å²) in [6.07, 6.45) is 2.82. The van der Waals surface area contributed by atoms with E-state index in [0.717, 1.165) is 56.6 Å². The molecule has 2 aromatic rings. The fraction of sp³-hybridized carbons (Fsp3) is 0.520. The van der Waals surface area contributed by atoms with Gasteiger partial charge in [0.05, 0.1) is 23.7 Å². The van der Waals surface area contributed by atoms with E-state index in [2.05, 4.69) is 22.0 Å². The Labute approximate surface area is 209 Å². The normalized spacial score (nSPS) is 19.0. The Morgan fingerprint density at radius 1 is 1.24 bits per heavy atom. The molecule has 0 spiro atoms. The molecule has 9 heteroatoms. The number of anilines is 1. The highest BCUT2D eigenvalue weighted by atomic mass is 35.5. The second-order valence-corrected chi connectivity index (χ2v) is 10.6. The maximum Gasteiger partial charge on any atom is 0.341 e. The molecule has 0 radical (unpaired) electrons. The minimum absolute atomic E-state index is 0.115. The minimum atomic E-state index is -0.409. The molecule has 1 atom stereocenters. The molecule has 2 heterocycles. The van der Waals surface area contributed by atoms with Crippen molar-refractivity contribution >= 4 is 39.8 Å². The van der Waals surface area contributed by atoms with E-state index in [1.54, 1.807) is 19.1 Å². The van der Waals surface area contributed by atoms with E-state index in [9.17, 15) is 14.0 Å². The first kappa shape index (κ1) is 25.1. The molecule has 0 saturated carbocycles. The maximum absolute atomic E-state index is 13.4. The maximum atomic E-state index is 13.4. The summed E-state index contributed by atoms with van der Waals surface area (Å²) in [4.78, 5) is 31.1. The molecule has 1 aliphatic carbocycles. The summed E-state index contributed by atoms with van der Waals surface area (Å²) in [5.74, 6) is -0.296. The van der Waals surface area contributed by atoms with Crippen LogP contribution in [0.2, 0.25) is 5.02 Å². The van der Waals surface area contributed by atoms with E-state index in [1.807, 2.05) is 0 Å². The van der Waals surface area contributed by atoms with E-state index in [0.29, 0.717) is 29.6 Å². The summed E-state index contributed by atoms with van der Waals surface area (Å²) >= 11 is 7.41. The van der Waals surface area contributed by atoms with Crippen molar-refractivity contribution in [3.05, 3.63) is 50.6 Å². The molecule has 1 saturated heterocycles. The highest BCUT2D eigenvalue weighted by Gasteiger charge is 2.29. The Morgan fingerprint density at radius 3 is 2.68 bits per heavy atom. The SMILES string of the molecule is CCOC(=O)c1c(NC(=O)CN2CCN(Cc3ccc(F)c(Cl)c3)CC2)sc2c1CCC(C)C2. The van der Waals surface area contributed by atoms with Crippen molar-refractivity contribution < 1.29 is 18.7 Å². The van der Waals surface area contributed by atoms with Gasteiger partial charge in [-0.1, -0.05) is 24.6 Å². The zero-order valence-electron chi connectivity index (χ0n) is 19.7. The number of nitrogens with zero attached hydrogens (tertiary/aromatic N) is 2. The first-order valence-electron chi connectivity index (χ1n) is 11.8. The number of piperazine rings is 1. The predicted molar refractivity (Wildman–Crippen MR) is 133 cm³/mol. The number of hydrogen-bond acceptors (Lipinski definition) is 6. The molecule has 0 bridgehead atoms. The number of amides is 1. The first-order chi connectivity index (χ1) is 16.3. The number of rotatable bonds is 7. The highest BCUT2D eigenvalue weighted by molar-refractivity contribution is 7.17. The van der Waals surface area contributed by atoms with Gasteiger partial charge in [0.1, 0.15) is 10.8 Å².